The third-order valence-corrected chi connectivity index (χ3v) is 3.52. The quantitative estimate of drug-likeness (QED) is 0.598. The van der Waals surface area contributed by atoms with Crippen LogP contribution in [0, 0.1) is 5.41 Å². The number of hydrogen-bond acceptors (Lipinski definition) is 2. The Labute approximate surface area is 136 Å². The maximum absolute atomic E-state index is 12.4. The second-order valence-corrected chi connectivity index (χ2v) is 4.99. The van der Waals surface area contributed by atoms with Crippen molar-refractivity contribution in [1.29, 1.82) is 5.41 Å². The van der Waals surface area contributed by atoms with E-state index < -0.39 is 5.92 Å². The van der Waals surface area contributed by atoms with Crippen LogP contribution in [-0.4, -0.2) is 11.9 Å². The Hall–Kier alpha value is -2.33. The van der Waals surface area contributed by atoms with Gasteiger partial charge in [0.2, 0.25) is 5.91 Å². The molecule has 0 spiro atoms. The van der Waals surface area contributed by atoms with Gasteiger partial charge in [0.05, 0.1) is 5.92 Å². The highest BCUT2D eigenvalue weighted by Gasteiger charge is 2.28. The van der Waals surface area contributed by atoms with E-state index >= 15 is 0 Å². The Morgan fingerprint density at radius 3 is 1.91 bits per heavy atom. The molecule has 116 valence electrons. The smallest absolute Gasteiger partial charge is 0.234 e. The number of carbonyl (C=O) groups is 1. The molecule has 0 radical (unpaired) electrons. The molecular formula is C17H20ClN3O. The highest BCUT2D eigenvalue weighted by Crippen LogP contribution is 2.32. The number of nitrogens with one attached hydrogen (secondary N) is 2. The maximum atomic E-state index is 12.4. The van der Waals surface area contributed by atoms with E-state index in [4.69, 9.17) is 11.1 Å². The normalized spacial score (nSPS) is 12.6. The summed E-state index contributed by atoms with van der Waals surface area (Å²) >= 11 is 0. The largest absolute Gasteiger partial charge is 0.370 e. The molecule has 0 aromatic heterocycles. The van der Waals surface area contributed by atoms with Crippen molar-refractivity contribution in [3.05, 3.63) is 71.8 Å². The van der Waals surface area contributed by atoms with Gasteiger partial charge in [0.25, 0.3) is 0 Å². The van der Waals surface area contributed by atoms with Crippen LogP contribution in [0.25, 0.3) is 0 Å². The van der Waals surface area contributed by atoms with Crippen molar-refractivity contribution in [3.8, 4) is 0 Å². The zero-order valence-corrected chi connectivity index (χ0v) is 13.1. The first-order chi connectivity index (χ1) is 10.1. The highest BCUT2D eigenvalue weighted by molar-refractivity contribution is 5.98. The molecule has 2 aromatic rings. The minimum Gasteiger partial charge on any atom is -0.370 e. The first-order valence-electron chi connectivity index (χ1n) is 6.84. The summed E-state index contributed by atoms with van der Waals surface area (Å²) in [5, 5.41) is 9.69. The van der Waals surface area contributed by atoms with Crippen LogP contribution in [-0.2, 0) is 4.79 Å². The van der Waals surface area contributed by atoms with Gasteiger partial charge in [-0.2, -0.15) is 0 Å². The van der Waals surface area contributed by atoms with Crippen LogP contribution in [0.15, 0.2) is 60.7 Å². The highest BCUT2D eigenvalue weighted by atomic mass is 35.5. The lowest BCUT2D eigenvalue weighted by Gasteiger charge is -2.24. The molecule has 4 nitrogen and oxygen atoms in total. The fraction of sp³-hybridized carbons (Fsp3) is 0.176. The topological polar surface area (TPSA) is 79.0 Å². The third kappa shape index (κ3) is 4.33. The van der Waals surface area contributed by atoms with Crippen molar-refractivity contribution in [1.82, 2.24) is 5.32 Å². The average molecular weight is 318 g/mol. The molecule has 0 fully saturated rings. The Bertz CT molecular complexity index is 616. The number of guanidine groups is 1. The van der Waals surface area contributed by atoms with E-state index in [9.17, 15) is 4.79 Å². The van der Waals surface area contributed by atoms with E-state index in [-0.39, 0.29) is 30.2 Å². The van der Waals surface area contributed by atoms with E-state index in [0.29, 0.717) is 0 Å². The van der Waals surface area contributed by atoms with Crippen LogP contribution < -0.4 is 11.1 Å². The summed E-state index contributed by atoms with van der Waals surface area (Å²) in [4.78, 5) is 12.4. The third-order valence-electron chi connectivity index (χ3n) is 3.52. The number of nitrogens with two attached hydrogens (primary N) is 1. The van der Waals surface area contributed by atoms with E-state index in [2.05, 4.69) is 5.32 Å². The fourth-order valence-corrected chi connectivity index (χ4v) is 2.49. The van der Waals surface area contributed by atoms with Crippen LogP contribution in [0.5, 0.6) is 0 Å². The van der Waals surface area contributed by atoms with E-state index in [0.717, 1.165) is 11.1 Å². The first-order valence-corrected chi connectivity index (χ1v) is 6.84. The van der Waals surface area contributed by atoms with Gasteiger partial charge in [-0.15, -0.1) is 12.4 Å². The maximum Gasteiger partial charge on any atom is 0.234 e. The summed E-state index contributed by atoms with van der Waals surface area (Å²) in [7, 11) is 0. The molecule has 4 N–H and O–H groups in total. The Morgan fingerprint density at radius 2 is 1.45 bits per heavy atom. The molecule has 0 heterocycles. The van der Waals surface area contributed by atoms with Crippen molar-refractivity contribution in [2.75, 3.05) is 0 Å². The standard InChI is InChI=1S/C17H19N3O.ClH/c1-12(13-8-4-2-5-9-13)15(16(21)20-17(18)19)14-10-6-3-7-11-14;/h2-12,15H,1H3,(H4,18,19,20,21);1H/t12-,15+;/m0./s1. The van der Waals surface area contributed by atoms with Gasteiger partial charge in [-0.25, -0.2) is 0 Å². The SMILES string of the molecule is C[C@@H](c1ccccc1)[C@@H](C(=O)NC(=N)N)c1ccccc1.Cl. The lowest BCUT2D eigenvalue weighted by Crippen LogP contribution is -2.40. The molecule has 0 bridgehead atoms. The fourth-order valence-electron chi connectivity index (χ4n) is 2.49. The zero-order chi connectivity index (χ0) is 15.2. The van der Waals surface area contributed by atoms with Gasteiger partial charge in [-0.1, -0.05) is 67.6 Å². The number of hydrogen-bond donors (Lipinski definition) is 3. The van der Waals surface area contributed by atoms with Gasteiger partial charge in [-0.05, 0) is 17.0 Å². The number of benzene rings is 2. The van der Waals surface area contributed by atoms with Gasteiger partial charge < -0.3 is 5.73 Å². The van der Waals surface area contributed by atoms with Crippen LogP contribution in [0.2, 0.25) is 0 Å². The first kappa shape index (κ1) is 17.7. The Morgan fingerprint density at radius 1 is 1.00 bits per heavy atom. The predicted molar refractivity (Wildman–Crippen MR) is 91.3 cm³/mol. The van der Waals surface area contributed by atoms with Gasteiger partial charge >= 0.3 is 0 Å². The average Bonchev–Trinajstić information content (AvgIpc) is 2.48. The van der Waals surface area contributed by atoms with Crippen molar-refractivity contribution in [2.45, 2.75) is 18.8 Å². The summed E-state index contributed by atoms with van der Waals surface area (Å²) in [5.41, 5.74) is 7.28. The Kier molecular flexibility index (Phi) is 6.60. The molecule has 0 saturated heterocycles. The lowest BCUT2D eigenvalue weighted by molar-refractivity contribution is -0.121. The number of rotatable bonds is 4. The molecule has 1 amide bonds. The molecule has 0 saturated carbocycles. The van der Waals surface area contributed by atoms with Crippen LogP contribution in [0.3, 0.4) is 0 Å². The van der Waals surface area contributed by atoms with Crippen molar-refractivity contribution < 1.29 is 4.79 Å². The van der Waals surface area contributed by atoms with Crippen LogP contribution >= 0.6 is 12.4 Å². The molecule has 0 aliphatic heterocycles. The molecule has 2 rings (SSSR count). The summed E-state index contributed by atoms with van der Waals surface area (Å²) in [6, 6.07) is 19.4. The van der Waals surface area contributed by atoms with E-state index in [1.54, 1.807) is 0 Å². The van der Waals surface area contributed by atoms with Gasteiger partial charge in [-0.3, -0.25) is 15.5 Å². The molecule has 2 atom stereocenters. The van der Waals surface area contributed by atoms with Crippen molar-refractivity contribution >= 4 is 24.3 Å². The molecule has 5 heteroatoms. The molecule has 0 unspecified atom stereocenters. The molecule has 2 aromatic carbocycles. The van der Waals surface area contributed by atoms with Gasteiger partial charge in [0.15, 0.2) is 5.96 Å². The minimum atomic E-state index is -0.391. The summed E-state index contributed by atoms with van der Waals surface area (Å²) in [5.74, 6) is -1.00. The summed E-state index contributed by atoms with van der Waals surface area (Å²) in [6.45, 7) is 2.01. The van der Waals surface area contributed by atoms with Crippen LogP contribution in [0.4, 0.5) is 0 Å². The number of amides is 1. The second-order valence-electron chi connectivity index (χ2n) is 4.99. The van der Waals surface area contributed by atoms with Crippen molar-refractivity contribution in [2.24, 2.45) is 5.73 Å². The lowest BCUT2D eigenvalue weighted by atomic mass is 9.82. The van der Waals surface area contributed by atoms with Gasteiger partial charge in [0.1, 0.15) is 0 Å². The number of halogens is 1. The van der Waals surface area contributed by atoms with Crippen LogP contribution in [0.1, 0.15) is 29.9 Å². The van der Waals surface area contributed by atoms with Crippen molar-refractivity contribution in [3.63, 3.8) is 0 Å². The van der Waals surface area contributed by atoms with Gasteiger partial charge in [0, 0.05) is 0 Å². The molecule has 0 aliphatic carbocycles. The zero-order valence-electron chi connectivity index (χ0n) is 12.3. The number of carbonyl (C=O) groups excluding carboxylic acids is 1. The monoisotopic (exact) mass is 317 g/mol. The molecular weight excluding hydrogens is 298 g/mol. The predicted octanol–water partition coefficient (Wildman–Crippen LogP) is 3.01. The van der Waals surface area contributed by atoms with E-state index in [1.165, 1.54) is 0 Å². The molecule has 22 heavy (non-hydrogen) atoms. The van der Waals surface area contributed by atoms with E-state index in [1.807, 2.05) is 67.6 Å². The minimum absolute atomic E-state index is 0. The second kappa shape index (κ2) is 8.20. The molecule has 0 aliphatic rings. The summed E-state index contributed by atoms with van der Waals surface area (Å²) < 4.78 is 0. The summed E-state index contributed by atoms with van der Waals surface area (Å²) in [6.07, 6.45) is 0. The Balaban J connectivity index is 0.00000242.